The number of hydrogen-bond donors (Lipinski definition) is 1. The average Bonchev–Trinajstić information content (AvgIpc) is 2.17. The van der Waals surface area contributed by atoms with Crippen LogP contribution in [0.2, 0.25) is 0 Å². The van der Waals surface area contributed by atoms with Crippen LogP contribution >= 0.6 is 15.9 Å². The predicted molar refractivity (Wildman–Crippen MR) is 72.8 cm³/mol. The molecule has 1 aromatic heterocycles. The quantitative estimate of drug-likeness (QED) is 0.842. The first kappa shape index (κ1) is 13.2. The summed E-state index contributed by atoms with van der Waals surface area (Å²) in [6, 6.07) is 2.09. The third kappa shape index (κ3) is 3.61. The van der Waals surface area contributed by atoms with Crippen molar-refractivity contribution in [2.75, 3.05) is 25.5 Å². The minimum Gasteiger partial charge on any atom is -0.355 e. The monoisotopic (exact) mass is 283 g/mol. The number of halogens is 1. The molecule has 0 radical (unpaired) electrons. The maximum absolute atomic E-state index is 4.45. The van der Waals surface area contributed by atoms with E-state index in [-0.39, 0.29) is 0 Å². The van der Waals surface area contributed by atoms with E-state index in [0.717, 1.165) is 29.0 Å². The van der Waals surface area contributed by atoms with Gasteiger partial charge in [-0.05, 0) is 36.0 Å². The van der Waals surface area contributed by atoms with Crippen molar-refractivity contribution in [3.8, 4) is 0 Å². The Bertz CT molecular complexity index is 377. The van der Waals surface area contributed by atoms with Crippen molar-refractivity contribution in [1.29, 1.82) is 0 Å². The number of rotatable bonds is 5. The van der Waals surface area contributed by atoms with Crippen molar-refractivity contribution in [1.82, 2.24) is 10.3 Å². The molecular formula is C12H18BrN3. The topological polar surface area (TPSA) is 28.2 Å². The van der Waals surface area contributed by atoms with Crippen LogP contribution in [0, 0.1) is 0 Å². The molecule has 1 heterocycles. The second kappa shape index (κ2) is 6.01. The molecule has 0 aliphatic rings. The summed E-state index contributed by atoms with van der Waals surface area (Å²) < 4.78 is 1.00. The molecule has 0 spiro atoms. The van der Waals surface area contributed by atoms with Crippen molar-refractivity contribution < 1.29 is 0 Å². The Morgan fingerprint density at radius 2 is 2.31 bits per heavy atom. The molecule has 1 aromatic rings. The van der Waals surface area contributed by atoms with Crippen LogP contribution in [0.25, 0.3) is 0 Å². The predicted octanol–water partition coefficient (Wildman–Crippen LogP) is 2.58. The molecule has 0 saturated heterocycles. The van der Waals surface area contributed by atoms with Gasteiger partial charge in [0.25, 0.3) is 0 Å². The largest absolute Gasteiger partial charge is 0.355 e. The molecule has 0 aromatic carbocycles. The molecule has 1 rings (SSSR count). The second-order valence-corrected chi connectivity index (χ2v) is 4.90. The number of nitrogens with zero attached hydrogens (tertiary/aromatic N) is 2. The number of likely N-dealkylation sites (N-methyl/N-ethyl adjacent to an activating group) is 1. The van der Waals surface area contributed by atoms with Gasteiger partial charge < -0.3 is 10.2 Å². The zero-order valence-electron chi connectivity index (χ0n) is 10.0. The molecular weight excluding hydrogens is 266 g/mol. The van der Waals surface area contributed by atoms with Gasteiger partial charge in [0.15, 0.2) is 0 Å². The Labute approximate surface area is 106 Å². The molecule has 1 N–H and O–H groups in total. The zero-order valence-corrected chi connectivity index (χ0v) is 11.6. The summed E-state index contributed by atoms with van der Waals surface area (Å²) in [5.74, 6) is 1.00. The minimum atomic E-state index is 0.808. The Kier molecular flexibility index (Phi) is 4.96. The van der Waals surface area contributed by atoms with Gasteiger partial charge in [-0.3, -0.25) is 0 Å². The van der Waals surface area contributed by atoms with Gasteiger partial charge >= 0.3 is 0 Å². The van der Waals surface area contributed by atoms with E-state index in [2.05, 4.69) is 43.8 Å². The highest BCUT2D eigenvalue weighted by Gasteiger charge is 2.09. The first-order valence-electron chi connectivity index (χ1n) is 5.19. The lowest BCUT2D eigenvalue weighted by Gasteiger charge is -2.21. The first-order valence-corrected chi connectivity index (χ1v) is 5.98. The summed E-state index contributed by atoms with van der Waals surface area (Å²) in [5, 5.41) is 3.15. The van der Waals surface area contributed by atoms with Crippen LogP contribution in [0.1, 0.15) is 12.5 Å². The highest BCUT2D eigenvalue weighted by Crippen LogP contribution is 2.21. The second-order valence-electron chi connectivity index (χ2n) is 3.98. The maximum Gasteiger partial charge on any atom is 0.133 e. The van der Waals surface area contributed by atoms with E-state index in [4.69, 9.17) is 0 Å². The number of hydrogen-bond acceptors (Lipinski definition) is 3. The Hall–Kier alpha value is -0.870. The minimum absolute atomic E-state index is 0.808. The molecule has 0 unspecified atom stereocenters. The molecule has 0 amide bonds. The Morgan fingerprint density at radius 3 is 2.88 bits per heavy atom. The molecule has 3 nitrogen and oxygen atoms in total. The number of pyridine rings is 1. The van der Waals surface area contributed by atoms with Gasteiger partial charge in [-0.1, -0.05) is 12.2 Å². The van der Waals surface area contributed by atoms with E-state index in [1.54, 1.807) is 0 Å². The van der Waals surface area contributed by atoms with E-state index in [0.29, 0.717) is 0 Å². The van der Waals surface area contributed by atoms with E-state index in [1.165, 1.54) is 5.56 Å². The van der Waals surface area contributed by atoms with Crippen LogP contribution in [0.15, 0.2) is 28.9 Å². The van der Waals surface area contributed by atoms with Crippen LogP contribution in [0.5, 0.6) is 0 Å². The molecule has 0 fully saturated rings. The summed E-state index contributed by atoms with van der Waals surface area (Å²) in [6.45, 7) is 7.57. The smallest absolute Gasteiger partial charge is 0.133 e. The van der Waals surface area contributed by atoms with Crippen LogP contribution in [0.3, 0.4) is 0 Å². The lowest BCUT2D eigenvalue weighted by atomic mass is 10.2. The Morgan fingerprint density at radius 1 is 1.62 bits per heavy atom. The summed E-state index contributed by atoms with van der Waals surface area (Å²) >= 11 is 3.44. The first-order chi connectivity index (χ1) is 7.54. The van der Waals surface area contributed by atoms with Gasteiger partial charge in [-0.2, -0.15) is 0 Å². The highest BCUT2D eigenvalue weighted by molar-refractivity contribution is 9.10. The van der Waals surface area contributed by atoms with Gasteiger partial charge in [-0.25, -0.2) is 4.98 Å². The SMILES string of the molecule is C=C(C)CN(C)c1ncc(Br)cc1CNC. The molecule has 4 heteroatoms. The summed E-state index contributed by atoms with van der Waals surface area (Å²) in [7, 11) is 3.97. The van der Waals surface area contributed by atoms with Gasteiger partial charge in [-0.15, -0.1) is 0 Å². The standard InChI is InChI=1S/C12H18BrN3/c1-9(2)8-16(4)12-10(6-14-3)5-11(13)7-15-12/h5,7,14H,1,6,8H2,2-4H3. The fourth-order valence-electron chi connectivity index (χ4n) is 1.62. The molecule has 0 saturated carbocycles. The van der Waals surface area contributed by atoms with Crippen LogP contribution in [-0.2, 0) is 6.54 Å². The molecule has 16 heavy (non-hydrogen) atoms. The van der Waals surface area contributed by atoms with Gasteiger partial charge in [0.2, 0.25) is 0 Å². The van der Waals surface area contributed by atoms with E-state index < -0.39 is 0 Å². The summed E-state index contributed by atoms with van der Waals surface area (Å²) in [6.07, 6.45) is 1.82. The normalized spacial score (nSPS) is 10.2. The third-order valence-electron chi connectivity index (χ3n) is 2.15. The summed E-state index contributed by atoms with van der Waals surface area (Å²) in [5.41, 5.74) is 2.31. The number of anilines is 1. The van der Waals surface area contributed by atoms with E-state index in [9.17, 15) is 0 Å². The highest BCUT2D eigenvalue weighted by atomic mass is 79.9. The average molecular weight is 284 g/mol. The lowest BCUT2D eigenvalue weighted by Crippen LogP contribution is -2.23. The van der Waals surface area contributed by atoms with Gasteiger partial charge in [0, 0.05) is 36.4 Å². The molecule has 88 valence electrons. The fourth-order valence-corrected chi connectivity index (χ4v) is 2.00. The third-order valence-corrected chi connectivity index (χ3v) is 2.58. The van der Waals surface area contributed by atoms with Crippen molar-refractivity contribution in [3.63, 3.8) is 0 Å². The van der Waals surface area contributed by atoms with Crippen molar-refractivity contribution in [2.45, 2.75) is 13.5 Å². The maximum atomic E-state index is 4.45. The van der Waals surface area contributed by atoms with Crippen molar-refractivity contribution in [2.24, 2.45) is 0 Å². The van der Waals surface area contributed by atoms with Crippen LogP contribution in [-0.4, -0.2) is 25.6 Å². The van der Waals surface area contributed by atoms with Crippen molar-refractivity contribution >= 4 is 21.7 Å². The zero-order chi connectivity index (χ0) is 12.1. The summed E-state index contributed by atoms with van der Waals surface area (Å²) in [4.78, 5) is 6.56. The van der Waals surface area contributed by atoms with E-state index in [1.807, 2.05) is 27.2 Å². The lowest BCUT2D eigenvalue weighted by molar-refractivity contribution is 0.801. The molecule has 0 aliphatic carbocycles. The molecule has 0 atom stereocenters. The molecule has 0 aliphatic heterocycles. The fraction of sp³-hybridized carbons (Fsp3) is 0.417. The van der Waals surface area contributed by atoms with Gasteiger partial charge in [0.1, 0.15) is 5.82 Å². The van der Waals surface area contributed by atoms with Crippen LogP contribution < -0.4 is 10.2 Å². The van der Waals surface area contributed by atoms with E-state index >= 15 is 0 Å². The van der Waals surface area contributed by atoms with Gasteiger partial charge in [0.05, 0.1) is 0 Å². The Balaban J connectivity index is 2.96. The molecule has 0 bridgehead atoms. The van der Waals surface area contributed by atoms with Crippen LogP contribution in [0.4, 0.5) is 5.82 Å². The number of nitrogens with one attached hydrogen (secondary N) is 1. The van der Waals surface area contributed by atoms with Crippen molar-refractivity contribution in [3.05, 3.63) is 34.5 Å². The number of aromatic nitrogens is 1.